The van der Waals surface area contributed by atoms with E-state index in [9.17, 15) is 26.0 Å². The van der Waals surface area contributed by atoms with Gasteiger partial charge in [-0.2, -0.15) is 0 Å². The molecule has 0 amide bonds. The second-order valence-corrected chi connectivity index (χ2v) is 5.89. The Balaban J connectivity index is 2.43. The third-order valence-corrected chi connectivity index (χ3v) is 4.11. The fourth-order valence-electron chi connectivity index (χ4n) is 1.58. The Morgan fingerprint density at radius 2 is 1.57 bits per heavy atom. The molecule has 1 N–H and O–H groups in total. The third kappa shape index (κ3) is 2.99. The molecule has 0 spiro atoms. The molecule has 2 aromatic rings. The monoisotopic (exact) mass is 319 g/mol. The second kappa shape index (κ2) is 5.36. The van der Waals surface area contributed by atoms with E-state index in [4.69, 9.17) is 0 Å². The lowest BCUT2D eigenvalue weighted by Gasteiger charge is -2.10. The summed E-state index contributed by atoms with van der Waals surface area (Å²) in [7, 11) is -4.51. The van der Waals surface area contributed by atoms with E-state index in [2.05, 4.69) is 0 Å². The van der Waals surface area contributed by atoms with Gasteiger partial charge in [0.05, 0.1) is 5.69 Å². The summed E-state index contributed by atoms with van der Waals surface area (Å²) in [6.07, 6.45) is 0. The molecule has 0 saturated carbocycles. The zero-order valence-corrected chi connectivity index (χ0v) is 11.4. The van der Waals surface area contributed by atoms with Crippen LogP contribution in [0.15, 0.2) is 35.2 Å². The summed E-state index contributed by atoms with van der Waals surface area (Å²) in [4.78, 5) is -1.07. The van der Waals surface area contributed by atoms with Crippen LogP contribution in [0.2, 0.25) is 0 Å². The molecule has 3 nitrogen and oxygen atoms in total. The lowest BCUT2D eigenvalue weighted by molar-refractivity contribution is 0.432. The Kier molecular flexibility index (Phi) is 3.91. The molecule has 0 radical (unpaired) electrons. The van der Waals surface area contributed by atoms with Crippen LogP contribution in [0.1, 0.15) is 5.56 Å². The summed E-state index contributed by atoms with van der Waals surface area (Å²) >= 11 is 0. The van der Waals surface area contributed by atoms with E-state index in [1.54, 1.807) is 0 Å². The number of hydrogen-bond acceptors (Lipinski definition) is 2. The second-order valence-electron chi connectivity index (χ2n) is 4.24. The van der Waals surface area contributed by atoms with Gasteiger partial charge in [-0.25, -0.2) is 26.0 Å². The molecule has 21 heavy (non-hydrogen) atoms. The molecule has 0 bridgehead atoms. The van der Waals surface area contributed by atoms with Crippen molar-refractivity contribution in [1.29, 1.82) is 0 Å². The van der Waals surface area contributed by atoms with Crippen LogP contribution >= 0.6 is 0 Å². The van der Waals surface area contributed by atoms with Crippen LogP contribution in [0, 0.1) is 30.2 Å². The molecule has 0 unspecified atom stereocenters. The molecule has 0 heterocycles. The molecule has 2 aromatic carbocycles. The Bertz CT molecular complexity index is 806. The van der Waals surface area contributed by atoms with E-state index < -0.39 is 38.2 Å². The molecule has 8 heteroatoms. The summed E-state index contributed by atoms with van der Waals surface area (Å²) < 4.78 is 78.4. The summed E-state index contributed by atoms with van der Waals surface area (Å²) in [5.41, 5.74) is 0.124. The van der Waals surface area contributed by atoms with Gasteiger partial charge < -0.3 is 0 Å². The zero-order valence-electron chi connectivity index (χ0n) is 10.6. The largest absolute Gasteiger partial charge is 0.279 e. The molecule has 0 atom stereocenters. The number of aryl methyl sites for hydroxylation is 1. The Morgan fingerprint density at radius 1 is 0.905 bits per heavy atom. The fourth-order valence-corrected chi connectivity index (χ4v) is 2.70. The van der Waals surface area contributed by atoms with Gasteiger partial charge in [0.15, 0.2) is 17.5 Å². The first-order valence-electron chi connectivity index (χ1n) is 5.65. The molecule has 0 aliphatic rings. The minimum absolute atomic E-state index is 0.165. The average molecular weight is 319 g/mol. The number of sulfonamides is 1. The molecule has 0 saturated heterocycles. The van der Waals surface area contributed by atoms with Gasteiger partial charge in [0.25, 0.3) is 10.0 Å². The lowest BCUT2D eigenvalue weighted by atomic mass is 10.2. The van der Waals surface area contributed by atoms with Crippen molar-refractivity contribution in [3.05, 3.63) is 59.2 Å². The fraction of sp³-hybridized carbons (Fsp3) is 0.0769. The smallest absolute Gasteiger partial charge is 0.264 e. The summed E-state index contributed by atoms with van der Waals surface area (Å²) in [5.74, 6) is -5.91. The predicted molar refractivity (Wildman–Crippen MR) is 68.3 cm³/mol. The summed E-state index contributed by atoms with van der Waals surface area (Å²) in [6, 6.07) is 4.54. The van der Waals surface area contributed by atoms with Gasteiger partial charge in [-0.3, -0.25) is 4.72 Å². The molecule has 112 valence electrons. The maximum Gasteiger partial charge on any atom is 0.264 e. The van der Waals surface area contributed by atoms with Crippen molar-refractivity contribution in [2.45, 2.75) is 11.8 Å². The molecular weight excluding hydrogens is 310 g/mol. The van der Waals surface area contributed by atoms with Gasteiger partial charge in [-0.1, -0.05) is 6.07 Å². The number of rotatable bonds is 3. The molecule has 2 rings (SSSR count). The molecular formula is C13H9F4NO2S. The van der Waals surface area contributed by atoms with Crippen LogP contribution in [0.25, 0.3) is 0 Å². The van der Waals surface area contributed by atoms with Crippen molar-refractivity contribution in [3.8, 4) is 0 Å². The molecule has 0 aliphatic heterocycles. The van der Waals surface area contributed by atoms with Crippen LogP contribution in [0.3, 0.4) is 0 Å². The predicted octanol–water partition coefficient (Wildman–Crippen LogP) is 3.35. The van der Waals surface area contributed by atoms with Gasteiger partial charge in [0.1, 0.15) is 10.7 Å². The number of benzene rings is 2. The highest BCUT2D eigenvalue weighted by Gasteiger charge is 2.24. The normalized spacial score (nSPS) is 11.5. The van der Waals surface area contributed by atoms with Crippen molar-refractivity contribution in [1.82, 2.24) is 0 Å². The first-order chi connectivity index (χ1) is 9.72. The Labute approximate surface area is 118 Å². The third-order valence-electron chi connectivity index (χ3n) is 2.71. The van der Waals surface area contributed by atoms with E-state index >= 15 is 0 Å². The highest BCUT2D eigenvalue weighted by atomic mass is 32.2. The van der Waals surface area contributed by atoms with Crippen LogP contribution in [-0.2, 0) is 10.0 Å². The summed E-state index contributed by atoms with van der Waals surface area (Å²) in [6.45, 7) is 1.47. The van der Waals surface area contributed by atoms with Crippen LogP contribution in [-0.4, -0.2) is 8.42 Å². The number of nitrogens with one attached hydrogen (secondary N) is 1. The van der Waals surface area contributed by atoms with E-state index in [1.165, 1.54) is 19.1 Å². The van der Waals surface area contributed by atoms with E-state index in [1.807, 2.05) is 4.72 Å². The maximum absolute atomic E-state index is 13.5. The van der Waals surface area contributed by atoms with Crippen molar-refractivity contribution in [2.75, 3.05) is 4.72 Å². The zero-order chi connectivity index (χ0) is 15.8. The number of halogens is 4. The Hall–Kier alpha value is -2.09. The van der Waals surface area contributed by atoms with Crippen molar-refractivity contribution >= 4 is 15.7 Å². The van der Waals surface area contributed by atoms with Gasteiger partial charge in [-0.15, -0.1) is 0 Å². The van der Waals surface area contributed by atoms with Crippen molar-refractivity contribution < 1.29 is 26.0 Å². The SMILES string of the molecule is Cc1ccc(NS(=O)(=O)c2ccc(F)c(F)c2F)cc1F. The topological polar surface area (TPSA) is 46.2 Å². The lowest BCUT2D eigenvalue weighted by Crippen LogP contribution is -2.16. The first kappa shape index (κ1) is 15.3. The quantitative estimate of drug-likeness (QED) is 0.696. The number of hydrogen-bond donors (Lipinski definition) is 1. The Morgan fingerprint density at radius 3 is 2.19 bits per heavy atom. The minimum Gasteiger partial charge on any atom is -0.279 e. The highest BCUT2D eigenvalue weighted by molar-refractivity contribution is 7.92. The molecule has 0 aromatic heterocycles. The molecule has 0 aliphatic carbocycles. The summed E-state index contributed by atoms with van der Waals surface area (Å²) in [5, 5.41) is 0. The van der Waals surface area contributed by atoms with Crippen LogP contribution < -0.4 is 4.72 Å². The first-order valence-corrected chi connectivity index (χ1v) is 7.13. The van der Waals surface area contributed by atoms with E-state index in [-0.39, 0.29) is 11.3 Å². The van der Waals surface area contributed by atoms with Crippen LogP contribution in [0.5, 0.6) is 0 Å². The molecule has 0 fully saturated rings. The minimum atomic E-state index is -4.51. The van der Waals surface area contributed by atoms with E-state index in [0.29, 0.717) is 12.1 Å². The van der Waals surface area contributed by atoms with Gasteiger partial charge >= 0.3 is 0 Å². The van der Waals surface area contributed by atoms with Gasteiger partial charge in [-0.05, 0) is 36.8 Å². The van der Waals surface area contributed by atoms with E-state index in [0.717, 1.165) is 6.07 Å². The van der Waals surface area contributed by atoms with Gasteiger partial charge in [0.2, 0.25) is 0 Å². The van der Waals surface area contributed by atoms with Crippen LogP contribution in [0.4, 0.5) is 23.2 Å². The van der Waals surface area contributed by atoms with Crippen molar-refractivity contribution in [2.24, 2.45) is 0 Å². The maximum atomic E-state index is 13.5. The van der Waals surface area contributed by atoms with Crippen molar-refractivity contribution in [3.63, 3.8) is 0 Å². The average Bonchev–Trinajstić information content (AvgIpc) is 2.39. The number of anilines is 1. The standard InChI is InChI=1S/C13H9F4NO2S/c1-7-2-3-8(6-10(7)15)18-21(19,20)11-5-4-9(14)12(16)13(11)17/h2-6,18H,1H3. The van der Waals surface area contributed by atoms with Gasteiger partial charge in [0, 0.05) is 0 Å². The highest BCUT2D eigenvalue weighted by Crippen LogP contribution is 2.23.